The van der Waals surface area contributed by atoms with Crippen molar-refractivity contribution in [3.63, 3.8) is 0 Å². The van der Waals surface area contributed by atoms with Crippen molar-refractivity contribution in [2.75, 3.05) is 5.73 Å². The molecule has 0 aliphatic rings. The van der Waals surface area contributed by atoms with E-state index in [0.29, 0.717) is 21.8 Å². The summed E-state index contributed by atoms with van der Waals surface area (Å²) in [5, 5.41) is 0.379. The minimum absolute atomic E-state index is 0.134. The molecule has 4 heteroatoms. The van der Waals surface area contributed by atoms with Crippen molar-refractivity contribution in [2.24, 2.45) is 0 Å². The molecule has 76 valence electrons. The van der Waals surface area contributed by atoms with Crippen LogP contribution in [0.2, 0.25) is 5.02 Å². The summed E-state index contributed by atoms with van der Waals surface area (Å²) in [7, 11) is 0. The van der Waals surface area contributed by atoms with E-state index in [1.54, 1.807) is 24.3 Å². The average molecular weight is 222 g/mol. The van der Waals surface area contributed by atoms with Crippen molar-refractivity contribution < 1.29 is 9.21 Å². The Labute approximate surface area is 91.5 Å². The van der Waals surface area contributed by atoms with Crippen molar-refractivity contribution in [3.8, 4) is 0 Å². The number of carbonyl (C=O) groups is 1. The first-order valence-electron chi connectivity index (χ1n) is 4.30. The Morgan fingerprint density at radius 1 is 1.27 bits per heavy atom. The monoisotopic (exact) mass is 221 g/mol. The average Bonchev–Trinajstić information content (AvgIpc) is 2.74. The van der Waals surface area contributed by atoms with Crippen LogP contribution in [0.15, 0.2) is 41.2 Å². The number of halogens is 1. The van der Waals surface area contributed by atoms with Crippen LogP contribution >= 0.6 is 11.6 Å². The summed E-state index contributed by atoms with van der Waals surface area (Å²) in [5.41, 5.74) is 7.00. The Kier molecular flexibility index (Phi) is 2.47. The summed E-state index contributed by atoms with van der Waals surface area (Å²) in [5.74, 6) is -0.134. The van der Waals surface area contributed by atoms with Gasteiger partial charge in [-0.15, -0.1) is 0 Å². The first kappa shape index (κ1) is 9.80. The number of carbonyl (C=O) groups excluding carboxylic acids is 1. The number of nitrogens with two attached hydrogens (primary N) is 1. The SMILES string of the molecule is Nc1ccc(C(=O)c2ccoc2)cc1Cl. The van der Waals surface area contributed by atoms with Gasteiger partial charge in [0.15, 0.2) is 5.78 Å². The maximum Gasteiger partial charge on any atom is 0.196 e. The summed E-state index contributed by atoms with van der Waals surface area (Å²) >= 11 is 5.82. The molecule has 1 heterocycles. The third-order valence-corrected chi connectivity index (χ3v) is 2.37. The molecule has 0 unspecified atom stereocenters. The molecule has 2 rings (SSSR count). The van der Waals surface area contributed by atoms with E-state index in [1.165, 1.54) is 12.5 Å². The number of rotatable bonds is 2. The van der Waals surface area contributed by atoms with Gasteiger partial charge in [0.1, 0.15) is 6.26 Å². The number of anilines is 1. The van der Waals surface area contributed by atoms with E-state index in [4.69, 9.17) is 21.8 Å². The molecule has 0 atom stereocenters. The standard InChI is InChI=1S/C11H8ClNO2/c12-9-5-7(1-2-10(9)13)11(14)8-3-4-15-6-8/h1-6H,13H2. The Hall–Kier alpha value is -1.74. The molecule has 1 aromatic heterocycles. The van der Waals surface area contributed by atoms with Gasteiger partial charge < -0.3 is 10.2 Å². The smallest absolute Gasteiger partial charge is 0.196 e. The zero-order chi connectivity index (χ0) is 10.8. The fraction of sp³-hybridized carbons (Fsp3) is 0. The van der Waals surface area contributed by atoms with Crippen LogP contribution in [0, 0.1) is 0 Å². The van der Waals surface area contributed by atoms with Gasteiger partial charge in [0.05, 0.1) is 22.5 Å². The van der Waals surface area contributed by atoms with Gasteiger partial charge in [-0.25, -0.2) is 0 Å². The predicted molar refractivity (Wildman–Crippen MR) is 58.0 cm³/mol. The number of nitrogen functional groups attached to an aromatic ring is 1. The highest BCUT2D eigenvalue weighted by Gasteiger charge is 2.11. The molecule has 0 saturated carbocycles. The van der Waals surface area contributed by atoms with Crippen LogP contribution in [0.25, 0.3) is 0 Å². The normalized spacial score (nSPS) is 10.2. The van der Waals surface area contributed by atoms with E-state index >= 15 is 0 Å². The van der Waals surface area contributed by atoms with E-state index in [1.807, 2.05) is 0 Å². The van der Waals surface area contributed by atoms with E-state index < -0.39 is 0 Å². The highest BCUT2D eigenvalue weighted by molar-refractivity contribution is 6.33. The summed E-state index contributed by atoms with van der Waals surface area (Å²) in [6, 6.07) is 6.39. The zero-order valence-electron chi connectivity index (χ0n) is 7.74. The second-order valence-corrected chi connectivity index (χ2v) is 3.48. The Morgan fingerprint density at radius 3 is 2.67 bits per heavy atom. The molecule has 0 amide bonds. The zero-order valence-corrected chi connectivity index (χ0v) is 8.49. The number of ketones is 1. The fourth-order valence-electron chi connectivity index (χ4n) is 1.23. The molecular formula is C11H8ClNO2. The van der Waals surface area contributed by atoms with Crippen LogP contribution in [0.3, 0.4) is 0 Å². The topological polar surface area (TPSA) is 56.2 Å². The summed E-state index contributed by atoms with van der Waals surface area (Å²) in [4.78, 5) is 11.8. The van der Waals surface area contributed by atoms with Crippen LogP contribution in [-0.4, -0.2) is 5.78 Å². The van der Waals surface area contributed by atoms with Crippen LogP contribution in [-0.2, 0) is 0 Å². The lowest BCUT2D eigenvalue weighted by Gasteiger charge is -2.01. The summed E-state index contributed by atoms with van der Waals surface area (Å²) in [6.07, 6.45) is 2.85. The molecule has 0 spiro atoms. The van der Waals surface area contributed by atoms with E-state index in [9.17, 15) is 4.79 Å². The van der Waals surface area contributed by atoms with E-state index in [-0.39, 0.29) is 5.78 Å². The van der Waals surface area contributed by atoms with Gasteiger partial charge in [0.25, 0.3) is 0 Å². The van der Waals surface area contributed by atoms with Crippen LogP contribution in [0.5, 0.6) is 0 Å². The molecule has 1 aromatic carbocycles. The number of furan rings is 1. The molecule has 0 bridgehead atoms. The van der Waals surface area contributed by atoms with Gasteiger partial charge in [-0.05, 0) is 24.3 Å². The maximum absolute atomic E-state index is 11.8. The van der Waals surface area contributed by atoms with Crippen molar-refractivity contribution in [3.05, 3.63) is 52.9 Å². The van der Waals surface area contributed by atoms with Gasteiger partial charge in [0.2, 0.25) is 0 Å². The Bertz CT molecular complexity index is 491. The van der Waals surface area contributed by atoms with E-state index in [2.05, 4.69) is 0 Å². The molecule has 0 radical (unpaired) electrons. The number of benzene rings is 1. The molecule has 2 N–H and O–H groups in total. The quantitative estimate of drug-likeness (QED) is 0.627. The third-order valence-electron chi connectivity index (χ3n) is 2.05. The third kappa shape index (κ3) is 1.87. The summed E-state index contributed by atoms with van der Waals surface area (Å²) in [6.45, 7) is 0. The Morgan fingerprint density at radius 2 is 2.07 bits per heavy atom. The highest BCUT2D eigenvalue weighted by atomic mass is 35.5. The molecule has 0 fully saturated rings. The van der Waals surface area contributed by atoms with Crippen molar-refractivity contribution in [2.45, 2.75) is 0 Å². The molecule has 0 aliphatic heterocycles. The van der Waals surface area contributed by atoms with Gasteiger partial charge in [-0.2, -0.15) is 0 Å². The molecule has 15 heavy (non-hydrogen) atoms. The minimum atomic E-state index is -0.134. The highest BCUT2D eigenvalue weighted by Crippen LogP contribution is 2.21. The first-order chi connectivity index (χ1) is 7.18. The molecule has 2 aromatic rings. The van der Waals surface area contributed by atoms with Crippen molar-refractivity contribution in [1.29, 1.82) is 0 Å². The Balaban J connectivity index is 2.39. The minimum Gasteiger partial charge on any atom is -0.472 e. The lowest BCUT2D eigenvalue weighted by atomic mass is 10.1. The number of hydrogen-bond donors (Lipinski definition) is 1. The van der Waals surface area contributed by atoms with Gasteiger partial charge >= 0.3 is 0 Å². The van der Waals surface area contributed by atoms with Gasteiger partial charge in [0, 0.05) is 5.56 Å². The van der Waals surface area contributed by atoms with Crippen molar-refractivity contribution in [1.82, 2.24) is 0 Å². The number of hydrogen-bond acceptors (Lipinski definition) is 3. The lowest BCUT2D eigenvalue weighted by Crippen LogP contribution is -2.00. The van der Waals surface area contributed by atoms with E-state index in [0.717, 1.165) is 0 Å². The molecule has 3 nitrogen and oxygen atoms in total. The first-order valence-corrected chi connectivity index (χ1v) is 4.68. The molecular weight excluding hydrogens is 214 g/mol. The van der Waals surface area contributed by atoms with Crippen LogP contribution in [0.1, 0.15) is 15.9 Å². The summed E-state index contributed by atoms with van der Waals surface area (Å²) < 4.78 is 4.83. The van der Waals surface area contributed by atoms with Crippen molar-refractivity contribution >= 4 is 23.1 Å². The molecule has 0 aliphatic carbocycles. The van der Waals surface area contributed by atoms with Crippen LogP contribution in [0.4, 0.5) is 5.69 Å². The fourth-order valence-corrected chi connectivity index (χ4v) is 1.41. The second kappa shape index (κ2) is 3.79. The van der Waals surface area contributed by atoms with Gasteiger partial charge in [-0.3, -0.25) is 4.79 Å². The maximum atomic E-state index is 11.8. The predicted octanol–water partition coefficient (Wildman–Crippen LogP) is 2.75. The van der Waals surface area contributed by atoms with Crippen LogP contribution < -0.4 is 5.73 Å². The lowest BCUT2D eigenvalue weighted by molar-refractivity contribution is 0.103. The van der Waals surface area contributed by atoms with Gasteiger partial charge in [-0.1, -0.05) is 11.6 Å². The largest absolute Gasteiger partial charge is 0.472 e. The molecule has 0 saturated heterocycles. The second-order valence-electron chi connectivity index (χ2n) is 3.08.